The Morgan fingerprint density at radius 3 is 3.00 bits per heavy atom. The fourth-order valence-corrected chi connectivity index (χ4v) is 1.49. The summed E-state index contributed by atoms with van der Waals surface area (Å²) in [5.41, 5.74) is 1.02. The molecule has 1 heterocycles. The molecule has 0 saturated carbocycles. The Labute approximate surface area is 93.5 Å². The lowest BCUT2D eigenvalue weighted by molar-refractivity contribution is -0.117. The predicted molar refractivity (Wildman–Crippen MR) is 60.3 cm³/mol. The number of guanidine groups is 1. The third kappa shape index (κ3) is 2.31. The van der Waals surface area contributed by atoms with Crippen molar-refractivity contribution in [3.05, 3.63) is 29.8 Å². The molecule has 16 heavy (non-hydrogen) atoms. The molecule has 0 atom stereocenters. The van der Waals surface area contributed by atoms with Crippen molar-refractivity contribution in [3.8, 4) is 5.75 Å². The number of methoxy groups -OCH3 is 1. The van der Waals surface area contributed by atoms with Gasteiger partial charge in [-0.1, -0.05) is 18.2 Å². The van der Waals surface area contributed by atoms with Crippen molar-refractivity contribution in [1.29, 1.82) is 0 Å². The maximum absolute atomic E-state index is 10.9. The van der Waals surface area contributed by atoms with Crippen LogP contribution in [0.5, 0.6) is 5.75 Å². The van der Waals surface area contributed by atoms with E-state index in [1.807, 2.05) is 24.3 Å². The number of aliphatic imine (C=N–C) groups is 1. The van der Waals surface area contributed by atoms with Gasteiger partial charge in [0, 0.05) is 12.1 Å². The van der Waals surface area contributed by atoms with Crippen LogP contribution in [0.4, 0.5) is 0 Å². The summed E-state index contributed by atoms with van der Waals surface area (Å²) < 4.78 is 5.21. The number of nitrogens with one attached hydrogen (secondary N) is 2. The Balaban J connectivity index is 1.97. The van der Waals surface area contributed by atoms with E-state index in [1.165, 1.54) is 0 Å². The van der Waals surface area contributed by atoms with Crippen molar-refractivity contribution >= 4 is 11.9 Å². The Morgan fingerprint density at radius 2 is 2.31 bits per heavy atom. The van der Waals surface area contributed by atoms with Gasteiger partial charge in [-0.15, -0.1) is 0 Å². The van der Waals surface area contributed by atoms with Gasteiger partial charge in [-0.05, 0) is 6.07 Å². The molecule has 84 valence electrons. The van der Waals surface area contributed by atoms with E-state index in [2.05, 4.69) is 15.6 Å². The summed E-state index contributed by atoms with van der Waals surface area (Å²) in [4.78, 5) is 14.9. The minimum Gasteiger partial charge on any atom is -0.496 e. The molecular weight excluding hydrogens is 206 g/mol. The number of hydrogen-bond donors (Lipinski definition) is 2. The van der Waals surface area contributed by atoms with Crippen LogP contribution < -0.4 is 15.4 Å². The molecule has 0 spiro atoms. The quantitative estimate of drug-likeness (QED) is 0.767. The van der Waals surface area contributed by atoms with E-state index >= 15 is 0 Å². The van der Waals surface area contributed by atoms with Crippen molar-refractivity contribution in [2.24, 2.45) is 4.99 Å². The van der Waals surface area contributed by atoms with Crippen molar-refractivity contribution in [2.45, 2.75) is 6.54 Å². The van der Waals surface area contributed by atoms with Gasteiger partial charge in [0.25, 0.3) is 0 Å². The average molecular weight is 219 g/mol. The molecule has 1 aliphatic heterocycles. The Morgan fingerprint density at radius 1 is 1.50 bits per heavy atom. The molecule has 0 aromatic heterocycles. The molecule has 0 bridgehead atoms. The lowest BCUT2D eigenvalue weighted by Crippen LogP contribution is -2.35. The zero-order chi connectivity index (χ0) is 11.4. The van der Waals surface area contributed by atoms with Gasteiger partial charge < -0.3 is 10.1 Å². The third-order valence-electron chi connectivity index (χ3n) is 2.28. The monoisotopic (exact) mass is 219 g/mol. The smallest absolute Gasteiger partial charge is 0.248 e. The van der Waals surface area contributed by atoms with Crippen LogP contribution in [0.1, 0.15) is 5.56 Å². The van der Waals surface area contributed by atoms with E-state index in [4.69, 9.17) is 4.74 Å². The lowest BCUT2D eigenvalue weighted by atomic mass is 10.2. The number of rotatable bonds is 3. The molecular formula is C11H13N3O2. The minimum absolute atomic E-state index is 0.0810. The molecule has 5 nitrogen and oxygen atoms in total. The molecule has 2 rings (SSSR count). The van der Waals surface area contributed by atoms with Crippen LogP contribution in [0, 0.1) is 0 Å². The van der Waals surface area contributed by atoms with Crippen LogP contribution in [-0.2, 0) is 11.3 Å². The van der Waals surface area contributed by atoms with Crippen LogP contribution in [0.25, 0.3) is 0 Å². The first-order valence-corrected chi connectivity index (χ1v) is 4.99. The van der Waals surface area contributed by atoms with Crippen LogP contribution in [0.3, 0.4) is 0 Å². The summed E-state index contributed by atoms with van der Waals surface area (Å²) in [5.74, 6) is 1.26. The molecule has 0 unspecified atom stereocenters. The fourth-order valence-electron chi connectivity index (χ4n) is 1.49. The summed E-state index contributed by atoms with van der Waals surface area (Å²) in [6.07, 6.45) is 0. The second-order valence-corrected chi connectivity index (χ2v) is 3.38. The van der Waals surface area contributed by atoms with Crippen LogP contribution in [0.2, 0.25) is 0 Å². The summed E-state index contributed by atoms with van der Waals surface area (Å²) in [7, 11) is 1.63. The normalized spacial score (nSPS) is 14.3. The van der Waals surface area contributed by atoms with Crippen LogP contribution in [0.15, 0.2) is 29.3 Å². The molecule has 0 radical (unpaired) electrons. The number of nitrogens with zero attached hydrogens (tertiary/aromatic N) is 1. The minimum atomic E-state index is -0.0810. The first kappa shape index (κ1) is 10.5. The molecule has 1 amide bonds. The highest BCUT2D eigenvalue weighted by Crippen LogP contribution is 2.16. The van der Waals surface area contributed by atoms with Crippen LogP contribution >= 0.6 is 0 Å². The first-order valence-electron chi connectivity index (χ1n) is 4.99. The Kier molecular flexibility index (Phi) is 3.05. The van der Waals surface area contributed by atoms with E-state index in [-0.39, 0.29) is 12.5 Å². The lowest BCUT2D eigenvalue weighted by Gasteiger charge is -2.09. The molecule has 0 fully saturated rings. The summed E-state index contributed by atoms with van der Waals surface area (Å²) in [6, 6.07) is 7.71. The van der Waals surface area contributed by atoms with Crippen LogP contribution in [-0.4, -0.2) is 25.5 Å². The Bertz CT molecular complexity index is 429. The van der Waals surface area contributed by atoms with Crippen molar-refractivity contribution in [1.82, 2.24) is 10.6 Å². The molecule has 1 aromatic rings. The second kappa shape index (κ2) is 4.65. The number of para-hydroxylation sites is 1. The molecule has 1 aromatic carbocycles. The SMILES string of the molecule is COc1ccccc1CNC1=NCC(=O)N1. The molecule has 0 saturated heterocycles. The fraction of sp³-hybridized carbons (Fsp3) is 0.273. The van der Waals surface area contributed by atoms with Gasteiger partial charge in [0.1, 0.15) is 12.3 Å². The third-order valence-corrected chi connectivity index (χ3v) is 2.28. The highest BCUT2D eigenvalue weighted by molar-refractivity contribution is 6.02. The summed E-state index contributed by atoms with van der Waals surface area (Å²) in [5, 5.41) is 5.66. The van der Waals surface area contributed by atoms with Gasteiger partial charge in [-0.3, -0.25) is 10.1 Å². The highest BCUT2D eigenvalue weighted by atomic mass is 16.5. The topological polar surface area (TPSA) is 62.7 Å². The number of amides is 1. The van der Waals surface area contributed by atoms with Gasteiger partial charge in [0.2, 0.25) is 5.91 Å². The molecule has 0 aliphatic carbocycles. The molecule has 5 heteroatoms. The number of ether oxygens (including phenoxy) is 1. The van der Waals surface area contributed by atoms with E-state index in [9.17, 15) is 4.79 Å². The number of benzene rings is 1. The van der Waals surface area contributed by atoms with Crippen molar-refractivity contribution < 1.29 is 9.53 Å². The highest BCUT2D eigenvalue weighted by Gasteiger charge is 2.12. The maximum atomic E-state index is 10.9. The summed E-state index contributed by atoms with van der Waals surface area (Å²) in [6.45, 7) is 0.775. The van der Waals surface area contributed by atoms with Gasteiger partial charge >= 0.3 is 0 Å². The standard InChI is InChI=1S/C11H13N3O2/c1-16-9-5-3-2-4-8(9)6-12-11-13-7-10(15)14-11/h2-5H,6-7H2,1H3,(H2,12,13,14,15). The van der Waals surface area contributed by atoms with E-state index in [0.29, 0.717) is 12.5 Å². The van der Waals surface area contributed by atoms with E-state index in [0.717, 1.165) is 11.3 Å². The van der Waals surface area contributed by atoms with Gasteiger partial charge in [0.15, 0.2) is 5.96 Å². The maximum Gasteiger partial charge on any atom is 0.248 e. The zero-order valence-corrected chi connectivity index (χ0v) is 8.99. The Hall–Kier alpha value is -2.04. The van der Waals surface area contributed by atoms with Gasteiger partial charge in [-0.2, -0.15) is 0 Å². The largest absolute Gasteiger partial charge is 0.496 e. The van der Waals surface area contributed by atoms with Gasteiger partial charge in [0.05, 0.1) is 7.11 Å². The first-order chi connectivity index (χ1) is 7.79. The average Bonchev–Trinajstić information content (AvgIpc) is 2.73. The van der Waals surface area contributed by atoms with Gasteiger partial charge in [-0.25, -0.2) is 4.99 Å². The number of hydrogen-bond acceptors (Lipinski definition) is 4. The zero-order valence-electron chi connectivity index (χ0n) is 8.99. The van der Waals surface area contributed by atoms with E-state index < -0.39 is 0 Å². The number of carbonyl (C=O) groups is 1. The summed E-state index contributed by atoms with van der Waals surface area (Å²) >= 11 is 0. The number of carbonyl (C=O) groups excluding carboxylic acids is 1. The second-order valence-electron chi connectivity index (χ2n) is 3.38. The van der Waals surface area contributed by atoms with E-state index in [1.54, 1.807) is 7.11 Å². The molecule has 2 N–H and O–H groups in total. The predicted octanol–water partition coefficient (Wildman–Crippen LogP) is 0.271. The van der Waals surface area contributed by atoms with Crippen molar-refractivity contribution in [2.75, 3.05) is 13.7 Å². The molecule has 1 aliphatic rings. The van der Waals surface area contributed by atoms with Crippen molar-refractivity contribution in [3.63, 3.8) is 0 Å².